The van der Waals surface area contributed by atoms with Crippen molar-refractivity contribution in [3.8, 4) is 5.75 Å². The molecule has 0 unspecified atom stereocenters. The fourth-order valence-corrected chi connectivity index (χ4v) is 2.95. The minimum atomic E-state index is -0.526. The Bertz CT molecular complexity index is 858. The van der Waals surface area contributed by atoms with Gasteiger partial charge in [0.05, 0.1) is 12.7 Å². The number of rotatable bonds is 4. The van der Waals surface area contributed by atoms with E-state index in [4.69, 9.17) is 4.74 Å². The fourth-order valence-electron chi connectivity index (χ4n) is 2.95. The summed E-state index contributed by atoms with van der Waals surface area (Å²) in [7, 11) is 1.59. The van der Waals surface area contributed by atoms with Crippen molar-refractivity contribution in [3.05, 3.63) is 71.6 Å². The highest BCUT2D eigenvalue weighted by Gasteiger charge is 2.25. The lowest BCUT2D eigenvalue weighted by atomic mass is 10.1. The zero-order valence-electron chi connectivity index (χ0n) is 15.1. The first kappa shape index (κ1) is 18.6. The maximum atomic E-state index is 13.8. The van der Waals surface area contributed by atoms with Gasteiger partial charge in [0, 0.05) is 32.3 Å². The molecule has 0 radical (unpaired) electrons. The standard InChI is InChI=1S/C21H21FN2O3/c1-27-17-6-4-5-16(15-17)9-10-20(25)23-11-13-24(14-12-23)21(26)18-7-2-3-8-19(18)22/h2-10,15H,11-14H2,1H3. The number of hydrogen-bond donors (Lipinski definition) is 0. The van der Waals surface area contributed by atoms with Crippen LogP contribution in [0.1, 0.15) is 15.9 Å². The van der Waals surface area contributed by atoms with Crippen LogP contribution in [0, 0.1) is 5.82 Å². The van der Waals surface area contributed by atoms with E-state index in [0.717, 1.165) is 11.3 Å². The summed E-state index contributed by atoms with van der Waals surface area (Å²) < 4.78 is 18.9. The number of amides is 2. The van der Waals surface area contributed by atoms with Crippen LogP contribution in [0.3, 0.4) is 0 Å². The van der Waals surface area contributed by atoms with Crippen molar-refractivity contribution in [2.75, 3.05) is 33.3 Å². The maximum absolute atomic E-state index is 13.8. The lowest BCUT2D eigenvalue weighted by molar-refractivity contribution is -0.127. The van der Waals surface area contributed by atoms with E-state index in [2.05, 4.69) is 0 Å². The topological polar surface area (TPSA) is 49.9 Å². The van der Waals surface area contributed by atoms with Gasteiger partial charge in [-0.1, -0.05) is 24.3 Å². The van der Waals surface area contributed by atoms with Gasteiger partial charge in [0.2, 0.25) is 5.91 Å². The van der Waals surface area contributed by atoms with Gasteiger partial charge in [-0.05, 0) is 35.9 Å². The molecule has 0 spiro atoms. The molecule has 6 heteroatoms. The number of carbonyl (C=O) groups excluding carboxylic acids is 2. The first-order chi connectivity index (χ1) is 13.1. The predicted molar refractivity (Wildman–Crippen MR) is 101 cm³/mol. The Morgan fingerprint density at radius 3 is 2.41 bits per heavy atom. The van der Waals surface area contributed by atoms with E-state index in [0.29, 0.717) is 26.2 Å². The highest BCUT2D eigenvalue weighted by atomic mass is 19.1. The summed E-state index contributed by atoms with van der Waals surface area (Å²) >= 11 is 0. The first-order valence-electron chi connectivity index (χ1n) is 8.73. The molecule has 0 bridgehead atoms. The number of nitrogens with zero attached hydrogens (tertiary/aromatic N) is 2. The monoisotopic (exact) mass is 368 g/mol. The first-order valence-corrected chi connectivity index (χ1v) is 8.73. The van der Waals surface area contributed by atoms with Gasteiger partial charge in [0.15, 0.2) is 0 Å². The second-order valence-electron chi connectivity index (χ2n) is 6.21. The largest absolute Gasteiger partial charge is 0.497 e. The van der Waals surface area contributed by atoms with Crippen LogP contribution in [0.5, 0.6) is 5.75 Å². The van der Waals surface area contributed by atoms with E-state index in [9.17, 15) is 14.0 Å². The van der Waals surface area contributed by atoms with Crippen LogP contribution in [0.25, 0.3) is 6.08 Å². The minimum Gasteiger partial charge on any atom is -0.497 e. The normalized spacial score (nSPS) is 14.4. The van der Waals surface area contributed by atoms with Gasteiger partial charge in [-0.3, -0.25) is 9.59 Å². The molecule has 140 valence electrons. The van der Waals surface area contributed by atoms with Gasteiger partial charge in [-0.25, -0.2) is 4.39 Å². The van der Waals surface area contributed by atoms with E-state index < -0.39 is 5.82 Å². The average molecular weight is 368 g/mol. The van der Waals surface area contributed by atoms with Crippen LogP contribution >= 0.6 is 0 Å². The van der Waals surface area contributed by atoms with E-state index in [1.54, 1.807) is 35.1 Å². The highest BCUT2D eigenvalue weighted by molar-refractivity contribution is 5.95. The van der Waals surface area contributed by atoms with Crippen LogP contribution < -0.4 is 4.74 Å². The molecule has 0 N–H and O–H groups in total. The second-order valence-corrected chi connectivity index (χ2v) is 6.21. The van der Waals surface area contributed by atoms with Crippen LogP contribution in [0.4, 0.5) is 4.39 Å². The smallest absolute Gasteiger partial charge is 0.256 e. The molecule has 3 rings (SSSR count). The van der Waals surface area contributed by atoms with Crippen LogP contribution in [-0.2, 0) is 4.79 Å². The number of piperazine rings is 1. The van der Waals surface area contributed by atoms with Crippen molar-refractivity contribution in [2.45, 2.75) is 0 Å². The number of ether oxygens (including phenoxy) is 1. The van der Waals surface area contributed by atoms with E-state index in [1.165, 1.54) is 18.2 Å². The lowest BCUT2D eigenvalue weighted by Crippen LogP contribution is -2.50. The van der Waals surface area contributed by atoms with Crippen LogP contribution in [0.2, 0.25) is 0 Å². The van der Waals surface area contributed by atoms with E-state index in [1.807, 2.05) is 24.3 Å². The van der Waals surface area contributed by atoms with Crippen molar-refractivity contribution in [3.63, 3.8) is 0 Å². The Morgan fingerprint density at radius 1 is 1.00 bits per heavy atom. The highest BCUT2D eigenvalue weighted by Crippen LogP contribution is 2.15. The van der Waals surface area contributed by atoms with Crippen LogP contribution in [0.15, 0.2) is 54.6 Å². The summed E-state index contributed by atoms with van der Waals surface area (Å²) in [6, 6.07) is 13.4. The zero-order chi connectivity index (χ0) is 19.2. The number of methoxy groups -OCH3 is 1. The van der Waals surface area contributed by atoms with Crippen molar-refractivity contribution < 1.29 is 18.7 Å². The van der Waals surface area contributed by atoms with Crippen molar-refractivity contribution >= 4 is 17.9 Å². The summed E-state index contributed by atoms with van der Waals surface area (Å²) in [6.45, 7) is 1.60. The van der Waals surface area contributed by atoms with Gasteiger partial charge in [0.1, 0.15) is 11.6 Å². The number of halogens is 1. The van der Waals surface area contributed by atoms with Gasteiger partial charge >= 0.3 is 0 Å². The summed E-state index contributed by atoms with van der Waals surface area (Å²) in [5.41, 5.74) is 0.936. The Balaban J connectivity index is 1.57. The van der Waals surface area contributed by atoms with E-state index in [-0.39, 0.29) is 17.4 Å². The Labute approximate surface area is 157 Å². The molecule has 27 heavy (non-hydrogen) atoms. The third kappa shape index (κ3) is 4.53. The second kappa shape index (κ2) is 8.49. The quantitative estimate of drug-likeness (QED) is 0.780. The molecule has 0 aliphatic carbocycles. The summed E-state index contributed by atoms with van der Waals surface area (Å²) in [5, 5.41) is 0. The Kier molecular flexibility index (Phi) is 5.86. The van der Waals surface area contributed by atoms with Crippen molar-refractivity contribution in [1.29, 1.82) is 0 Å². The van der Waals surface area contributed by atoms with Gasteiger partial charge in [-0.2, -0.15) is 0 Å². The van der Waals surface area contributed by atoms with Crippen LogP contribution in [-0.4, -0.2) is 54.9 Å². The third-order valence-electron chi connectivity index (χ3n) is 4.49. The molecule has 1 aliphatic heterocycles. The molecule has 1 heterocycles. The summed E-state index contributed by atoms with van der Waals surface area (Å²) in [5.74, 6) is -0.255. The maximum Gasteiger partial charge on any atom is 0.256 e. The lowest BCUT2D eigenvalue weighted by Gasteiger charge is -2.34. The predicted octanol–water partition coefficient (Wildman–Crippen LogP) is 2.83. The average Bonchev–Trinajstić information content (AvgIpc) is 2.72. The Morgan fingerprint density at radius 2 is 1.70 bits per heavy atom. The Hall–Kier alpha value is -3.15. The molecule has 2 amide bonds. The summed E-state index contributed by atoms with van der Waals surface area (Å²) in [4.78, 5) is 28.1. The fraction of sp³-hybridized carbons (Fsp3) is 0.238. The molecule has 1 fully saturated rings. The molecule has 2 aromatic rings. The SMILES string of the molecule is COc1cccc(C=CC(=O)N2CCN(C(=O)c3ccccc3F)CC2)c1. The summed E-state index contributed by atoms with van der Waals surface area (Å²) in [6.07, 6.45) is 3.25. The molecule has 5 nitrogen and oxygen atoms in total. The molecule has 1 aliphatic rings. The number of hydrogen-bond acceptors (Lipinski definition) is 3. The van der Waals surface area contributed by atoms with E-state index >= 15 is 0 Å². The van der Waals surface area contributed by atoms with Gasteiger partial charge < -0.3 is 14.5 Å². The number of benzene rings is 2. The molecular weight excluding hydrogens is 347 g/mol. The van der Waals surface area contributed by atoms with Gasteiger partial charge in [-0.15, -0.1) is 0 Å². The molecular formula is C21H21FN2O3. The van der Waals surface area contributed by atoms with Crippen molar-refractivity contribution in [2.24, 2.45) is 0 Å². The zero-order valence-corrected chi connectivity index (χ0v) is 15.1. The van der Waals surface area contributed by atoms with Crippen molar-refractivity contribution in [1.82, 2.24) is 9.80 Å². The third-order valence-corrected chi connectivity index (χ3v) is 4.49. The molecule has 0 saturated carbocycles. The molecule has 1 saturated heterocycles. The molecule has 0 aromatic heterocycles. The minimum absolute atomic E-state index is 0.0650. The van der Waals surface area contributed by atoms with Gasteiger partial charge in [0.25, 0.3) is 5.91 Å². The number of carbonyl (C=O) groups is 2. The molecule has 0 atom stereocenters. The molecule has 2 aromatic carbocycles.